The highest BCUT2D eigenvalue weighted by Crippen LogP contribution is 2.23. The van der Waals surface area contributed by atoms with Gasteiger partial charge in [-0.1, -0.05) is 18.2 Å². The number of hydrazone groups is 1. The fraction of sp³-hybridized carbons (Fsp3) is 0.263. The van der Waals surface area contributed by atoms with Crippen molar-refractivity contribution in [2.24, 2.45) is 5.10 Å². The third-order valence-corrected chi connectivity index (χ3v) is 4.10. The number of hydrogen-bond acceptors (Lipinski definition) is 4. The van der Waals surface area contributed by atoms with E-state index in [9.17, 15) is 5.11 Å². The Morgan fingerprint density at radius 3 is 2.56 bits per heavy atom. The number of rotatable bonds is 6. The van der Waals surface area contributed by atoms with Gasteiger partial charge < -0.3 is 15.3 Å². The number of thiocarbonyl (C=S) groups is 1. The fourth-order valence-corrected chi connectivity index (χ4v) is 2.61. The van der Waals surface area contributed by atoms with Crippen LogP contribution in [0.15, 0.2) is 47.6 Å². The predicted molar refractivity (Wildman–Crippen MR) is 110 cm³/mol. The summed E-state index contributed by atoms with van der Waals surface area (Å²) in [5, 5.41) is 17.7. The maximum atomic E-state index is 10.2. The van der Waals surface area contributed by atoms with E-state index < -0.39 is 0 Å². The highest BCUT2D eigenvalue weighted by atomic mass is 32.1. The lowest BCUT2D eigenvalue weighted by Gasteiger charge is -2.21. The summed E-state index contributed by atoms with van der Waals surface area (Å²) in [4.78, 5) is 2.17. The molecule has 0 unspecified atom stereocenters. The van der Waals surface area contributed by atoms with Crippen molar-refractivity contribution >= 4 is 34.9 Å². The Kier molecular flexibility index (Phi) is 6.77. The van der Waals surface area contributed by atoms with Crippen molar-refractivity contribution in [3.63, 3.8) is 0 Å². The van der Waals surface area contributed by atoms with Gasteiger partial charge in [0.1, 0.15) is 5.75 Å². The minimum Gasteiger partial charge on any atom is -0.507 e. The first-order valence-corrected chi connectivity index (χ1v) is 8.69. The molecule has 3 N–H and O–H groups in total. The van der Waals surface area contributed by atoms with Gasteiger partial charge in [0.05, 0.1) is 6.21 Å². The minimum atomic E-state index is 0.188. The molecule has 0 aliphatic carbocycles. The number of hydrogen-bond donors (Lipinski definition) is 3. The SMILES string of the molecule is CCN(CC)c1ccc(/C=N/NC(=S)Nc2ccccc2C)c(O)c1. The lowest BCUT2D eigenvalue weighted by molar-refractivity contribution is 0.474. The number of para-hydroxylation sites is 1. The van der Waals surface area contributed by atoms with Crippen LogP contribution in [0, 0.1) is 6.92 Å². The summed E-state index contributed by atoms with van der Waals surface area (Å²) in [6, 6.07) is 13.4. The Morgan fingerprint density at radius 1 is 1.20 bits per heavy atom. The Balaban J connectivity index is 1.97. The number of nitrogens with zero attached hydrogens (tertiary/aromatic N) is 2. The number of anilines is 2. The Hall–Kier alpha value is -2.60. The van der Waals surface area contributed by atoms with Gasteiger partial charge in [-0.2, -0.15) is 5.10 Å². The first-order chi connectivity index (χ1) is 12.0. The van der Waals surface area contributed by atoms with Crippen molar-refractivity contribution < 1.29 is 5.11 Å². The lowest BCUT2D eigenvalue weighted by Crippen LogP contribution is -2.24. The molecule has 0 radical (unpaired) electrons. The van der Waals surface area contributed by atoms with Crippen molar-refractivity contribution in [2.75, 3.05) is 23.3 Å². The molecule has 0 saturated heterocycles. The normalized spacial score (nSPS) is 10.7. The van der Waals surface area contributed by atoms with Gasteiger partial charge >= 0.3 is 0 Å². The zero-order chi connectivity index (χ0) is 18.2. The summed E-state index contributed by atoms with van der Waals surface area (Å²) in [6.07, 6.45) is 1.55. The van der Waals surface area contributed by atoms with Crippen molar-refractivity contribution in [3.8, 4) is 5.75 Å². The number of aryl methyl sites for hydroxylation is 1. The van der Waals surface area contributed by atoms with Crippen LogP contribution in [0.1, 0.15) is 25.0 Å². The highest BCUT2D eigenvalue weighted by Gasteiger charge is 2.05. The van der Waals surface area contributed by atoms with E-state index in [1.165, 1.54) is 0 Å². The van der Waals surface area contributed by atoms with Crippen molar-refractivity contribution in [2.45, 2.75) is 20.8 Å². The third-order valence-electron chi connectivity index (χ3n) is 3.91. The van der Waals surface area contributed by atoms with Crippen LogP contribution >= 0.6 is 12.2 Å². The monoisotopic (exact) mass is 356 g/mol. The Morgan fingerprint density at radius 2 is 1.92 bits per heavy atom. The summed E-state index contributed by atoms with van der Waals surface area (Å²) in [5.41, 5.74) is 6.41. The molecule has 0 spiro atoms. The molecule has 2 aromatic carbocycles. The molecule has 0 aliphatic heterocycles. The fourth-order valence-electron chi connectivity index (χ4n) is 2.45. The number of nitrogens with one attached hydrogen (secondary N) is 2. The lowest BCUT2D eigenvalue weighted by atomic mass is 10.2. The van der Waals surface area contributed by atoms with Crippen LogP contribution in [0.3, 0.4) is 0 Å². The largest absolute Gasteiger partial charge is 0.507 e. The minimum absolute atomic E-state index is 0.188. The van der Waals surface area contributed by atoms with Gasteiger partial charge in [-0.05, 0) is 56.8 Å². The van der Waals surface area contributed by atoms with Crippen LogP contribution in [-0.4, -0.2) is 29.5 Å². The summed E-state index contributed by atoms with van der Waals surface area (Å²) in [7, 11) is 0. The second kappa shape index (κ2) is 9.03. The Bertz CT molecular complexity index is 757. The maximum absolute atomic E-state index is 10.2. The van der Waals surface area contributed by atoms with Gasteiger partial charge in [0.2, 0.25) is 0 Å². The molecular formula is C19H24N4OS. The molecule has 2 aromatic rings. The third kappa shape index (κ3) is 5.19. The molecule has 2 rings (SSSR count). The molecule has 0 aromatic heterocycles. The topological polar surface area (TPSA) is 59.9 Å². The molecule has 0 heterocycles. The second-order valence-electron chi connectivity index (χ2n) is 5.55. The zero-order valence-electron chi connectivity index (χ0n) is 14.8. The summed E-state index contributed by atoms with van der Waals surface area (Å²) in [6.45, 7) is 7.96. The van der Waals surface area contributed by atoms with E-state index in [4.69, 9.17) is 12.2 Å². The Labute approximate surface area is 154 Å². The molecule has 6 heteroatoms. The standard InChI is InChI=1S/C19H24N4OS/c1-4-23(5-2)16-11-10-15(18(24)12-16)13-20-22-19(25)21-17-9-7-6-8-14(17)3/h6-13,24H,4-5H2,1-3H3,(H2,21,22,25)/b20-13+. The van der Waals surface area contributed by atoms with E-state index in [2.05, 4.69) is 34.6 Å². The van der Waals surface area contributed by atoms with Crippen LogP contribution in [0.5, 0.6) is 5.75 Å². The molecule has 25 heavy (non-hydrogen) atoms. The van der Waals surface area contributed by atoms with E-state index >= 15 is 0 Å². The van der Waals surface area contributed by atoms with E-state index in [1.807, 2.05) is 43.3 Å². The van der Waals surface area contributed by atoms with Gasteiger partial charge in [0.25, 0.3) is 0 Å². The smallest absolute Gasteiger partial charge is 0.191 e. The summed E-state index contributed by atoms with van der Waals surface area (Å²) < 4.78 is 0. The summed E-state index contributed by atoms with van der Waals surface area (Å²) in [5.74, 6) is 0.188. The van der Waals surface area contributed by atoms with Crippen molar-refractivity contribution in [3.05, 3.63) is 53.6 Å². The molecule has 0 bridgehead atoms. The molecule has 132 valence electrons. The molecule has 0 atom stereocenters. The highest BCUT2D eigenvalue weighted by molar-refractivity contribution is 7.80. The molecule has 0 amide bonds. The van der Waals surface area contributed by atoms with Gasteiger partial charge in [0.15, 0.2) is 5.11 Å². The van der Waals surface area contributed by atoms with Crippen LogP contribution in [0.25, 0.3) is 0 Å². The van der Waals surface area contributed by atoms with Crippen molar-refractivity contribution in [1.29, 1.82) is 0 Å². The van der Waals surface area contributed by atoms with E-state index in [1.54, 1.807) is 12.3 Å². The van der Waals surface area contributed by atoms with Crippen LogP contribution < -0.4 is 15.6 Å². The second-order valence-corrected chi connectivity index (χ2v) is 5.96. The molecule has 0 aliphatic rings. The number of phenols is 1. The molecular weight excluding hydrogens is 332 g/mol. The average Bonchev–Trinajstić information content (AvgIpc) is 2.60. The summed E-state index contributed by atoms with van der Waals surface area (Å²) >= 11 is 5.23. The number of benzene rings is 2. The molecule has 0 fully saturated rings. The van der Waals surface area contributed by atoms with E-state index in [-0.39, 0.29) is 5.75 Å². The number of phenolic OH excluding ortho intramolecular Hbond substituents is 1. The van der Waals surface area contributed by atoms with Crippen LogP contribution in [0.2, 0.25) is 0 Å². The van der Waals surface area contributed by atoms with E-state index in [0.717, 1.165) is 30.0 Å². The van der Waals surface area contributed by atoms with E-state index in [0.29, 0.717) is 10.7 Å². The molecule has 0 saturated carbocycles. The van der Waals surface area contributed by atoms with Crippen molar-refractivity contribution in [1.82, 2.24) is 5.43 Å². The van der Waals surface area contributed by atoms with Gasteiger partial charge in [0, 0.05) is 36.1 Å². The van der Waals surface area contributed by atoms with Gasteiger partial charge in [-0.15, -0.1) is 0 Å². The number of aromatic hydroxyl groups is 1. The molecule has 5 nitrogen and oxygen atoms in total. The van der Waals surface area contributed by atoms with Crippen LogP contribution in [0.4, 0.5) is 11.4 Å². The maximum Gasteiger partial charge on any atom is 0.191 e. The predicted octanol–water partition coefficient (Wildman–Crippen LogP) is 3.87. The average molecular weight is 356 g/mol. The van der Waals surface area contributed by atoms with Gasteiger partial charge in [-0.25, -0.2) is 0 Å². The van der Waals surface area contributed by atoms with Gasteiger partial charge in [-0.3, -0.25) is 5.43 Å². The first kappa shape index (κ1) is 18.7. The first-order valence-electron chi connectivity index (χ1n) is 8.28. The van der Waals surface area contributed by atoms with Crippen LogP contribution in [-0.2, 0) is 0 Å². The quantitative estimate of drug-likeness (QED) is 0.417. The zero-order valence-corrected chi connectivity index (χ0v) is 15.6.